The van der Waals surface area contributed by atoms with E-state index in [1.807, 2.05) is 24.3 Å². The van der Waals surface area contributed by atoms with Crippen molar-refractivity contribution in [2.24, 2.45) is 5.73 Å². The number of hydrogen-bond acceptors (Lipinski definition) is 3. The quantitative estimate of drug-likeness (QED) is 0.813. The monoisotopic (exact) mass is 419 g/mol. The maximum atomic E-state index is 13.3. The number of nitrogens with two attached hydrogens (primary N) is 1. The first kappa shape index (κ1) is 20.6. The van der Waals surface area contributed by atoms with Gasteiger partial charge in [-0.25, -0.2) is 0 Å². The van der Waals surface area contributed by atoms with Gasteiger partial charge < -0.3 is 15.5 Å². The molecule has 0 spiro atoms. The number of rotatable bonds is 2. The van der Waals surface area contributed by atoms with Crippen LogP contribution in [-0.2, 0) is 17.8 Å². The molecule has 2 amide bonds. The van der Waals surface area contributed by atoms with Gasteiger partial charge in [-0.05, 0) is 29.7 Å². The maximum absolute atomic E-state index is 13.3. The molecular weight excluding hydrogens is 397 g/mol. The van der Waals surface area contributed by atoms with Gasteiger partial charge in [-0.2, -0.15) is 0 Å². The van der Waals surface area contributed by atoms with Crippen LogP contribution in [0.25, 0.3) is 0 Å². The molecule has 0 aromatic heterocycles. The number of halogens is 2. The van der Waals surface area contributed by atoms with Crippen molar-refractivity contribution >= 4 is 35.8 Å². The van der Waals surface area contributed by atoms with Crippen LogP contribution in [0.2, 0.25) is 5.02 Å². The molecular formula is C21H23Cl2N3O2. The first-order chi connectivity index (χ1) is 13.0. The number of fused-ring (bicyclic) bond motifs is 1. The summed E-state index contributed by atoms with van der Waals surface area (Å²) in [5.74, 6) is -0.241. The van der Waals surface area contributed by atoms with E-state index in [1.165, 1.54) is 0 Å². The van der Waals surface area contributed by atoms with E-state index in [0.717, 1.165) is 17.5 Å². The van der Waals surface area contributed by atoms with Crippen LogP contribution in [0.5, 0.6) is 0 Å². The van der Waals surface area contributed by atoms with Crippen molar-refractivity contribution < 1.29 is 9.59 Å². The predicted molar refractivity (Wildman–Crippen MR) is 112 cm³/mol. The fourth-order valence-corrected chi connectivity index (χ4v) is 4.16. The fraction of sp³-hybridized carbons (Fsp3) is 0.333. The summed E-state index contributed by atoms with van der Waals surface area (Å²) in [6.07, 6.45) is 1.31. The molecule has 4 rings (SSSR count). The molecule has 2 aliphatic rings. The van der Waals surface area contributed by atoms with E-state index in [4.69, 9.17) is 17.3 Å². The molecule has 0 saturated carbocycles. The normalized spacial score (nSPS) is 21.1. The van der Waals surface area contributed by atoms with Crippen LogP contribution in [0.1, 0.15) is 27.9 Å². The standard InChI is InChI=1S/C21H22ClN3O2.ClH/c22-18-8-4-3-7-17(18)20(26)25-12-15-6-2-1-5-14(15)11-19(25)21(27)24-10-9-16(23)13-24;/h1-8,16,19H,9-13,23H2;1H/t16-,19?;/m1./s1. The lowest BCUT2D eigenvalue weighted by atomic mass is 9.92. The predicted octanol–water partition coefficient (Wildman–Crippen LogP) is 2.89. The van der Waals surface area contributed by atoms with Gasteiger partial charge in [0, 0.05) is 32.1 Å². The van der Waals surface area contributed by atoms with Crippen LogP contribution in [0.4, 0.5) is 0 Å². The fourth-order valence-electron chi connectivity index (χ4n) is 3.94. The largest absolute Gasteiger partial charge is 0.339 e. The molecule has 2 heterocycles. The number of likely N-dealkylation sites (tertiary alicyclic amines) is 1. The van der Waals surface area contributed by atoms with Crippen molar-refractivity contribution in [1.29, 1.82) is 0 Å². The third-order valence-electron chi connectivity index (χ3n) is 5.44. The van der Waals surface area contributed by atoms with Crippen molar-refractivity contribution in [2.45, 2.75) is 31.5 Å². The van der Waals surface area contributed by atoms with E-state index in [9.17, 15) is 9.59 Å². The van der Waals surface area contributed by atoms with E-state index < -0.39 is 6.04 Å². The molecule has 7 heteroatoms. The number of amides is 2. The average Bonchev–Trinajstić information content (AvgIpc) is 3.12. The lowest BCUT2D eigenvalue weighted by Crippen LogP contribution is -2.53. The minimum atomic E-state index is -0.533. The van der Waals surface area contributed by atoms with Crippen LogP contribution >= 0.6 is 24.0 Å². The summed E-state index contributed by atoms with van der Waals surface area (Å²) in [4.78, 5) is 30.0. The van der Waals surface area contributed by atoms with Crippen LogP contribution in [0.15, 0.2) is 48.5 Å². The molecule has 2 aromatic rings. The van der Waals surface area contributed by atoms with Crippen molar-refractivity contribution in [1.82, 2.24) is 9.80 Å². The number of benzene rings is 2. The molecule has 5 nitrogen and oxygen atoms in total. The average molecular weight is 420 g/mol. The first-order valence-electron chi connectivity index (χ1n) is 9.21. The van der Waals surface area contributed by atoms with Gasteiger partial charge >= 0.3 is 0 Å². The Hall–Kier alpha value is -2.08. The van der Waals surface area contributed by atoms with E-state index >= 15 is 0 Å². The zero-order valence-electron chi connectivity index (χ0n) is 15.4. The van der Waals surface area contributed by atoms with Gasteiger partial charge in [0.15, 0.2) is 0 Å². The Labute approximate surface area is 175 Å². The van der Waals surface area contributed by atoms with Gasteiger partial charge in [-0.1, -0.05) is 48.0 Å². The lowest BCUT2D eigenvalue weighted by Gasteiger charge is -2.38. The Morgan fingerprint density at radius 2 is 1.71 bits per heavy atom. The molecule has 0 aliphatic carbocycles. The molecule has 28 heavy (non-hydrogen) atoms. The van der Waals surface area contributed by atoms with Crippen LogP contribution in [-0.4, -0.2) is 46.8 Å². The van der Waals surface area contributed by atoms with Gasteiger partial charge in [0.1, 0.15) is 6.04 Å². The van der Waals surface area contributed by atoms with Gasteiger partial charge in [-0.15, -0.1) is 12.4 Å². The zero-order valence-corrected chi connectivity index (χ0v) is 17.0. The molecule has 1 unspecified atom stereocenters. The van der Waals surface area contributed by atoms with E-state index in [2.05, 4.69) is 0 Å². The van der Waals surface area contributed by atoms with Crippen LogP contribution in [0, 0.1) is 0 Å². The van der Waals surface area contributed by atoms with Crippen molar-refractivity contribution in [3.63, 3.8) is 0 Å². The molecule has 2 atom stereocenters. The smallest absolute Gasteiger partial charge is 0.256 e. The number of carbonyl (C=O) groups is 2. The highest BCUT2D eigenvalue weighted by Crippen LogP contribution is 2.28. The number of carbonyl (C=O) groups excluding carboxylic acids is 2. The summed E-state index contributed by atoms with van der Waals surface area (Å²) in [7, 11) is 0. The van der Waals surface area contributed by atoms with Gasteiger partial charge in [-0.3, -0.25) is 9.59 Å². The molecule has 2 aliphatic heterocycles. The lowest BCUT2D eigenvalue weighted by molar-refractivity contribution is -0.135. The van der Waals surface area contributed by atoms with Crippen molar-refractivity contribution in [3.05, 3.63) is 70.2 Å². The van der Waals surface area contributed by atoms with Crippen LogP contribution < -0.4 is 5.73 Å². The van der Waals surface area contributed by atoms with Gasteiger partial charge in [0.25, 0.3) is 5.91 Å². The molecule has 2 N–H and O–H groups in total. The highest BCUT2D eigenvalue weighted by molar-refractivity contribution is 6.33. The summed E-state index contributed by atoms with van der Waals surface area (Å²) in [5, 5.41) is 0.399. The summed E-state index contributed by atoms with van der Waals surface area (Å²) in [5.41, 5.74) is 8.59. The zero-order chi connectivity index (χ0) is 19.0. The molecule has 1 fully saturated rings. The Kier molecular flexibility index (Phi) is 6.28. The summed E-state index contributed by atoms with van der Waals surface area (Å²) in [6, 6.07) is 14.4. The third-order valence-corrected chi connectivity index (χ3v) is 5.76. The molecule has 2 aromatic carbocycles. The van der Waals surface area contributed by atoms with E-state index in [1.54, 1.807) is 34.1 Å². The minimum absolute atomic E-state index is 0. The number of hydrogen-bond donors (Lipinski definition) is 1. The van der Waals surface area contributed by atoms with E-state index in [-0.39, 0.29) is 30.3 Å². The minimum Gasteiger partial charge on any atom is -0.339 e. The second-order valence-corrected chi connectivity index (χ2v) is 7.64. The highest BCUT2D eigenvalue weighted by Gasteiger charge is 2.39. The van der Waals surface area contributed by atoms with Crippen LogP contribution in [0.3, 0.4) is 0 Å². The third kappa shape index (κ3) is 3.88. The topological polar surface area (TPSA) is 66.6 Å². The molecule has 0 bridgehead atoms. The molecule has 1 saturated heterocycles. The summed E-state index contributed by atoms with van der Waals surface area (Å²) < 4.78 is 0. The highest BCUT2D eigenvalue weighted by atomic mass is 35.5. The SMILES string of the molecule is Cl.N[C@@H]1CCN(C(=O)C2Cc3ccccc3CN2C(=O)c2ccccc2Cl)C1. The summed E-state index contributed by atoms with van der Waals surface area (Å²) >= 11 is 6.25. The van der Waals surface area contributed by atoms with Crippen molar-refractivity contribution in [3.8, 4) is 0 Å². The van der Waals surface area contributed by atoms with E-state index in [0.29, 0.717) is 36.6 Å². The van der Waals surface area contributed by atoms with Crippen molar-refractivity contribution in [2.75, 3.05) is 13.1 Å². The summed E-state index contributed by atoms with van der Waals surface area (Å²) in [6.45, 7) is 1.59. The maximum Gasteiger partial charge on any atom is 0.256 e. The second-order valence-electron chi connectivity index (χ2n) is 7.23. The molecule has 0 radical (unpaired) electrons. The Morgan fingerprint density at radius 1 is 1.04 bits per heavy atom. The molecule has 148 valence electrons. The van der Waals surface area contributed by atoms with Gasteiger partial charge in [0.2, 0.25) is 5.91 Å². The van der Waals surface area contributed by atoms with Gasteiger partial charge in [0.05, 0.1) is 10.6 Å². The second kappa shape index (κ2) is 8.52. The first-order valence-corrected chi connectivity index (χ1v) is 9.59. The Balaban J connectivity index is 0.00000225. The number of nitrogens with zero attached hydrogens (tertiary/aromatic N) is 2. The Morgan fingerprint density at radius 3 is 2.39 bits per heavy atom. The Bertz CT molecular complexity index is 889.